The number of carbonyl (C=O) groups excluding carboxylic acids is 2. The molecule has 0 saturated carbocycles. The Morgan fingerprint density at radius 1 is 1.48 bits per heavy atom. The van der Waals surface area contributed by atoms with E-state index in [1.165, 1.54) is 18.4 Å². The van der Waals surface area contributed by atoms with Gasteiger partial charge in [-0.2, -0.15) is 5.26 Å². The Hall–Kier alpha value is -1.87. The largest absolute Gasteiger partial charge is 0.465 e. The summed E-state index contributed by atoms with van der Waals surface area (Å²) < 4.78 is 9.46. The predicted molar refractivity (Wildman–Crippen MR) is 77.8 cm³/mol. The molecule has 0 spiro atoms. The average Bonchev–Trinajstić information content (AvgIpc) is 2.95. The lowest BCUT2D eigenvalue weighted by Crippen LogP contribution is -2.16. The van der Waals surface area contributed by atoms with Crippen LogP contribution >= 0.6 is 11.3 Å². The number of hydrogen-bond acceptors (Lipinski definition) is 6. The summed E-state index contributed by atoms with van der Waals surface area (Å²) >= 11 is 1.31. The Bertz CT molecular complexity index is 518. The maximum atomic E-state index is 11.4. The number of methoxy groups -OCH3 is 1. The van der Waals surface area contributed by atoms with Gasteiger partial charge >= 0.3 is 11.9 Å². The van der Waals surface area contributed by atoms with E-state index in [1.807, 2.05) is 11.4 Å². The van der Waals surface area contributed by atoms with Crippen molar-refractivity contribution < 1.29 is 19.1 Å². The molecule has 0 N–H and O–H groups in total. The number of thiophene rings is 1. The second-order valence-corrected chi connectivity index (χ2v) is 5.27. The number of rotatable bonds is 8. The molecule has 0 aliphatic rings. The lowest BCUT2D eigenvalue weighted by atomic mass is 10.0. The third-order valence-electron chi connectivity index (χ3n) is 2.88. The van der Waals surface area contributed by atoms with Gasteiger partial charge in [-0.25, -0.2) is 4.79 Å². The Kier molecular flexibility index (Phi) is 7.48. The highest BCUT2D eigenvalue weighted by atomic mass is 32.1. The van der Waals surface area contributed by atoms with Crippen LogP contribution in [0.2, 0.25) is 0 Å². The monoisotopic (exact) mass is 308 g/mol. The van der Waals surface area contributed by atoms with Crippen molar-refractivity contribution in [3.8, 4) is 6.07 Å². The number of carbonyl (C=O) groups is 2. The van der Waals surface area contributed by atoms with Gasteiger partial charge in [-0.15, -0.1) is 11.3 Å². The molecule has 0 aliphatic carbocycles. The molecule has 0 aromatic carbocycles. The van der Waals surface area contributed by atoms with E-state index >= 15 is 0 Å². The SMILES string of the molecule is CCOC(=O)C(C#N)CCCCc1[c]c(C(=O)OC)sc1. The van der Waals surface area contributed by atoms with Crippen molar-refractivity contribution in [1.29, 1.82) is 5.26 Å². The lowest BCUT2D eigenvalue weighted by Gasteiger charge is -2.07. The predicted octanol–water partition coefficient (Wildman–Crippen LogP) is 2.75. The average molecular weight is 308 g/mol. The molecule has 0 fully saturated rings. The fourth-order valence-corrected chi connectivity index (χ4v) is 2.60. The molecule has 0 aliphatic heterocycles. The number of esters is 2. The molecule has 1 radical (unpaired) electrons. The van der Waals surface area contributed by atoms with Crippen LogP contribution in [0.15, 0.2) is 5.38 Å². The number of nitriles is 1. The number of aryl methyl sites for hydroxylation is 1. The van der Waals surface area contributed by atoms with Crippen LogP contribution in [0.4, 0.5) is 0 Å². The molecule has 0 bridgehead atoms. The maximum absolute atomic E-state index is 11.4. The molecule has 1 aromatic heterocycles. The molecule has 1 heterocycles. The third-order valence-corrected chi connectivity index (χ3v) is 3.79. The van der Waals surface area contributed by atoms with E-state index in [0.717, 1.165) is 24.8 Å². The highest BCUT2D eigenvalue weighted by Crippen LogP contribution is 2.18. The number of nitrogens with zero attached hydrogens (tertiary/aromatic N) is 1. The minimum Gasteiger partial charge on any atom is -0.465 e. The summed E-state index contributed by atoms with van der Waals surface area (Å²) in [4.78, 5) is 23.2. The van der Waals surface area contributed by atoms with Crippen molar-refractivity contribution in [2.45, 2.75) is 32.6 Å². The smallest absolute Gasteiger partial charge is 0.348 e. The van der Waals surface area contributed by atoms with Gasteiger partial charge in [-0.1, -0.05) is 6.42 Å². The van der Waals surface area contributed by atoms with Crippen LogP contribution in [0, 0.1) is 23.3 Å². The first-order chi connectivity index (χ1) is 10.1. The van der Waals surface area contributed by atoms with Crippen molar-refractivity contribution in [2.75, 3.05) is 13.7 Å². The van der Waals surface area contributed by atoms with Crippen molar-refractivity contribution in [3.63, 3.8) is 0 Å². The van der Waals surface area contributed by atoms with E-state index in [1.54, 1.807) is 6.92 Å². The molecule has 1 atom stereocenters. The Morgan fingerprint density at radius 2 is 2.24 bits per heavy atom. The number of hydrogen-bond donors (Lipinski definition) is 0. The van der Waals surface area contributed by atoms with Gasteiger partial charge in [0.25, 0.3) is 0 Å². The van der Waals surface area contributed by atoms with Crippen LogP contribution in [0.1, 0.15) is 41.4 Å². The summed E-state index contributed by atoms with van der Waals surface area (Å²) in [6.45, 7) is 2.01. The van der Waals surface area contributed by atoms with E-state index in [4.69, 9.17) is 10.00 Å². The first kappa shape index (κ1) is 17.2. The molecule has 113 valence electrons. The van der Waals surface area contributed by atoms with Gasteiger partial charge in [0.2, 0.25) is 0 Å². The number of ether oxygens (including phenoxy) is 2. The van der Waals surface area contributed by atoms with Gasteiger partial charge in [0.15, 0.2) is 0 Å². The molecule has 6 heteroatoms. The van der Waals surface area contributed by atoms with Crippen molar-refractivity contribution >= 4 is 23.3 Å². The zero-order chi connectivity index (χ0) is 15.7. The summed E-state index contributed by atoms with van der Waals surface area (Å²) in [7, 11) is 1.34. The zero-order valence-electron chi connectivity index (χ0n) is 12.2. The van der Waals surface area contributed by atoms with Gasteiger partial charge in [0.05, 0.1) is 19.8 Å². The Balaban J connectivity index is 2.33. The summed E-state index contributed by atoms with van der Waals surface area (Å²) in [5.41, 5.74) is 0.949. The first-order valence-corrected chi connectivity index (χ1v) is 7.64. The normalized spacial score (nSPS) is 11.5. The second kappa shape index (κ2) is 9.14. The van der Waals surface area contributed by atoms with Gasteiger partial charge in [0.1, 0.15) is 10.8 Å². The third kappa shape index (κ3) is 5.56. The van der Waals surface area contributed by atoms with Crippen LogP contribution in [-0.4, -0.2) is 25.7 Å². The topological polar surface area (TPSA) is 76.4 Å². The zero-order valence-corrected chi connectivity index (χ0v) is 13.0. The van der Waals surface area contributed by atoms with Gasteiger partial charge in [-0.05, 0) is 37.1 Å². The number of unbranched alkanes of at least 4 members (excludes halogenated alkanes) is 1. The summed E-state index contributed by atoms with van der Waals surface area (Å²) in [5.74, 6) is -1.52. The van der Waals surface area contributed by atoms with E-state index in [-0.39, 0.29) is 12.6 Å². The molecule has 1 aromatic rings. The molecule has 0 saturated heterocycles. The van der Waals surface area contributed by atoms with Crippen LogP contribution < -0.4 is 0 Å². The highest BCUT2D eigenvalue weighted by Gasteiger charge is 2.18. The summed E-state index contributed by atoms with van der Waals surface area (Å²) in [6, 6.07) is 4.97. The van der Waals surface area contributed by atoms with Gasteiger partial charge in [0, 0.05) is 6.07 Å². The quantitative estimate of drug-likeness (QED) is 0.545. The van der Waals surface area contributed by atoms with Crippen molar-refractivity contribution in [3.05, 3.63) is 21.9 Å². The van der Waals surface area contributed by atoms with Crippen LogP contribution in [0.3, 0.4) is 0 Å². The molecular weight excluding hydrogens is 290 g/mol. The van der Waals surface area contributed by atoms with E-state index in [9.17, 15) is 9.59 Å². The summed E-state index contributed by atoms with van der Waals surface area (Å²) in [5, 5.41) is 10.8. The highest BCUT2D eigenvalue weighted by molar-refractivity contribution is 7.12. The molecule has 21 heavy (non-hydrogen) atoms. The Morgan fingerprint density at radius 3 is 2.86 bits per heavy atom. The molecular formula is C15H18NO4S. The minimum atomic E-state index is -0.693. The van der Waals surface area contributed by atoms with Crippen molar-refractivity contribution in [2.24, 2.45) is 5.92 Å². The molecule has 0 amide bonds. The van der Waals surface area contributed by atoms with Crippen LogP contribution in [0.25, 0.3) is 0 Å². The maximum Gasteiger partial charge on any atom is 0.348 e. The lowest BCUT2D eigenvalue weighted by molar-refractivity contribution is -0.146. The molecule has 1 rings (SSSR count). The molecule has 5 nitrogen and oxygen atoms in total. The fourth-order valence-electron chi connectivity index (χ4n) is 1.79. The molecule has 1 unspecified atom stereocenters. The van der Waals surface area contributed by atoms with E-state index in [0.29, 0.717) is 11.3 Å². The van der Waals surface area contributed by atoms with E-state index < -0.39 is 11.9 Å². The van der Waals surface area contributed by atoms with Crippen LogP contribution in [0.5, 0.6) is 0 Å². The van der Waals surface area contributed by atoms with Gasteiger partial charge < -0.3 is 9.47 Å². The van der Waals surface area contributed by atoms with Crippen LogP contribution in [-0.2, 0) is 20.7 Å². The van der Waals surface area contributed by atoms with Crippen molar-refractivity contribution in [1.82, 2.24) is 0 Å². The Labute approximate surface area is 128 Å². The van der Waals surface area contributed by atoms with E-state index in [2.05, 4.69) is 10.8 Å². The standard InChI is InChI=1S/C15H18NO4S/c1-3-20-14(17)12(9-16)7-5-4-6-11-8-13(21-10-11)15(18)19-2/h10,12H,3-7H2,1-2H3. The first-order valence-electron chi connectivity index (χ1n) is 6.76. The van der Waals surface area contributed by atoms with Gasteiger partial charge in [-0.3, -0.25) is 4.79 Å². The minimum absolute atomic E-state index is 0.289. The fraction of sp³-hybridized carbons (Fsp3) is 0.533. The second-order valence-electron chi connectivity index (χ2n) is 4.39. The summed E-state index contributed by atoms with van der Waals surface area (Å²) in [6.07, 6.45) is 2.82.